The lowest BCUT2D eigenvalue weighted by atomic mass is 10.0. The maximum absolute atomic E-state index is 12.9. The van der Waals surface area contributed by atoms with E-state index in [0.29, 0.717) is 27.7 Å². The highest BCUT2D eigenvalue weighted by Gasteiger charge is 2.29. The highest BCUT2D eigenvalue weighted by molar-refractivity contribution is 6.41. The highest BCUT2D eigenvalue weighted by atomic mass is 35.5. The topological polar surface area (TPSA) is 62.8 Å². The molecule has 4 nitrogen and oxygen atoms in total. The lowest BCUT2D eigenvalue weighted by Crippen LogP contribution is -2.06. The predicted molar refractivity (Wildman–Crippen MR) is 97.4 cm³/mol. The zero-order valence-corrected chi connectivity index (χ0v) is 14.7. The van der Waals surface area contributed by atoms with Gasteiger partial charge in [0, 0.05) is 35.2 Å². The first-order valence-electron chi connectivity index (χ1n) is 8.02. The molecule has 4 rings (SSSR count). The summed E-state index contributed by atoms with van der Waals surface area (Å²) in [7, 11) is 0. The van der Waals surface area contributed by atoms with Crippen molar-refractivity contribution < 1.29 is 9.59 Å². The van der Waals surface area contributed by atoms with Crippen LogP contribution in [0.4, 0.5) is 0 Å². The van der Waals surface area contributed by atoms with E-state index in [-0.39, 0.29) is 23.0 Å². The van der Waals surface area contributed by atoms with Crippen molar-refractivity contribution in [3.05, 3.63) is 63.5 Å². The first-order chi connectivity index (χ1) is 12.0. The lowest BCUT2D eigenvalue weighted by molar-refractivity contribution is -0.119. The number of fused-ring (bicyclic) bond motifs is 1. The molecule has 0 aliphatic heterocycles. The number of carbonyl (C=O) groups excluding carboxylic acids is 2. The summed E-state index contributed by atoms with van der Waals surface area (Å²) in [6.45, 7) is 0. The summed E-state index contributed by atoms with van der Waals surface area (Å²) in [5.74, 6) is 0.142. The van der Waals surface area contributed by atoms with Crippen molar-refractivity contribution in [1.29, 1.82) is 0 Å². The molecule has 1 aromatic carbocycles. The van der Waals surface area contributed by atoms with E-state index in [0.717, 1.165) is 23.7 Å². The standard InChI is InChI=1S/C19H14Cl2N2O2/c20-14-2-1-3-15(21)18(14)19(25)13-8-23-16-9-22-11(6-12(13)16)7-17(24)10-4-5-10/h1-3,6,8-10,23H,4-5,7H2. The van der Waals surface area contributed by atoms with E-state index in [1.165, 1.54) is 0 Å². The maximum atomic E-state index is 12.9. The Balaban J connectivity index is 1.74. The van der Waals surface area contributed by atoms with E-state index >= 15 is 0 Å². The van der Waals surface area contributed by atoms with Crippen LogP contribution in [0.1, 0.15) is 34.5 Å². The average Bonchev–Trinajstić information content (AvgIpc) is 3.35. The summed E-state index contributed by atoms with van der Waals surface area (Å²) in [5.41, 5.74) is 2.14. The second-order valence-corrected chi connectivity index (χ2v) is 7.08. The minimum absolute atomic E-state index is 0.187. The average molecular weight is 373 g/mol. The van der Waals surface area contributed by atoms with Crippen molar-refractivity contribution in [3.8, 4) is 0 Å². The number of hydrogen-bond donors (Lipinski definition) is 1. The third-order valence-corrected chi connectivity index (χ3v) is 5.08. The number of rotatable bonds is 5. The molecule has 3 aromatic rings. The van der Waals surface area contributed by atoms with Crippen LogP contribution in [-0.4, -0.2) is 21.5 Å². The molecule has 0 saturated heterocycles. The third-order valence-electron chi connectivity index (χ3n) is 4.45. The molecule has 0 radical (unpaired) electrons. The molecule has 2 aromatic heterocycles. The van der Waals surface area contributed by atoms with Crippen LogP contribution in [0.15, 0.2) is 36.7 Å². The number of nitrogens with zero attached hydrogens (tertiary/aromatic N) is 1. The third kappa shape index (κ3) is 3.08. The van der Waals surface area contributed by atoms with Gasteiger partial charge in [0.25, 0.3) is 0 Å². The van der Waals surface area contributed by atoms with Gasteiger partial charge in [-0.15, -0.1) is 0 Å². The molecule has 0 atom stereocenters. The Bertz CT molecular complexity index is 986. The summed E-state index contributed by atoms with van der Waals surface area (Å²) in [6, 6.07) is 6.76. The molecule has 0 amide bonds. The van der Waals surface area contributed by atoms with Gasteiger partial charge >= 0.3 is 0 Å². The molecule has 6 heteroatoms. The van der Waals surface area contributed by atoms with Gasteiger partial charge in [-0.2, -0.15) is 0 Å². The molecule has 0 unspecified atom stereocenters. The zero-order chi connectivity index (χ0) is 17.6. The first-order valence-corrected chi connectivity index (χ1v) is 8.77. The van der Waals surface area contributed by atoms with Crippen LogP contribution in [0.3, 0.4) is 0 Å². The Morgan fingerprint density at radius 3 is 2.60 bits per heavy atom. The number of Topliss-reactive ketones (excluding diaryl/α,β-unsaturated/α-hetero) is 1. The number of H-pyrrole nitrogens is 1. The summed E-state index contributed by atoms with van der Waals surface area (Å²) in [5, 5.41) is 1.34. The number of ketones is 2. The van der Waals surface area contributed by atoms with Crippen LogP contribution in [0.25, 0.3) is 10.9 Å². The van der Waals surface area contributed by atoms with E-state index in [1.807, 2.05) is 0 Å². The number of aromatic amines is 1. The van der Waals surface area contributed by atoms with Crippen LogP contribution in [0.2, 0.25) is 10.0 Å². The molecule has 0 bridgehead atoms. The van der Waals surface area contributed by atoms with Crippen molar-refractivity contribution >= 4 is 45.7 Å². The molecule has 126 valence electrons. The van der Waals surface area contributed by atoms with Gasteiger partial charge in [0.2, 0.25) is 0 Å². The number of halogens is 2. The Labute approximate surface area is 154 Å². The quantitative estimate of drug-likeness (QED) is 0.664. The number of benzene rings is 1. The molecule has 1 aliphatic rings. The second kappa shape index (κ2) is 6.28. The van der Waals surface area contributed by atoms with Crippen LogP contribution in [0, 0.1) is 5.92 Å². The molecule has 0 spiro atoms. The number of nitrogens with one attached hydrogen (secondary N) is 1. The van der Waals surface area contributed by atoms with Crippen LogP contribution in [-0.2, 0) is 11.2 Å². The van der Waals surface area contributed by atoms with Crippen molar-refractivity contribution in [2.75, 3.05) is 0 Å². The summed E-state index contributed by atoms with van der Waals surface area (Å²) < 4.78 is 0. The number of pyridine rings is 1. The van der Waals surface area contributed by atoms with Crippen molar-refractivity contribution in [3.63, 3.8) is 0 Å². The van der Waals surface area contributed by atoms with Gasteiger partial charge < -0.3 is 4.98 Å². The molecule has 25 heavy (non-hydrogen) atoms. The van der Waals surface area contributed by atoms with Gasteiger partial charge in [-0.05, 0) is 31.0 Å². The Morgan fingerprint density at radius 1 is 1.20 bits per heavy atom. The molecule has 1 saturated carbocycles. The zero-order valence-electron chi connectivity index (χ0n) is 13.2. The molecule has 1 N–H and O–H groups in total. The minimum Gasteiger partial charge on any atom is -0.359 e. The lowest BCUT2D eigenvalue weighted by Gasteiger charge is -2.06. The molecular formula is C19H14Cl2N2O2. The fourth-order valence-corrected chi connectivity index (χ4v) is 3.50. The van der Waals surface area contributed by atoms with E-state index in [4.69, 9.17) is 23.2 Å². The normalized spacial score (nSPS) is 14.0. The van der Waals surface area contributed by atoms with Crippen LogP contribution in [0.5, 0.6) is 0 Å². The van der Waals surface area contributed by atoms with Gasteiger partial charge in [-0.3, -0.25) is 14.6 Å². The van der Waals surface area contributed by atoms with E-state index in [9.17, 15) is 9.59 Å². The largest absolute Gasteiger partial charge is 0.359 e. The fraction of sp³-hybridized carbons (Fsp3) is 0.211. The summed E-state index contributed by atoms with van der Waals surface area (Å²) >= 11 is 12.3. The molecule has 1 fully saturated rings. The monoisotopic (exact) mass is 372 g/mol. The van der Waals surface area contributed by atoms with Gasteiger partial charge in [0.1, 0.15) is 5.78 Å². The van der Waals surface area contributed by atoms with E-state index in [2.05, 4.69) is 9.97 Å². The van der Waals surface area contributed by atoms with Gasteiger partial charge in [0.15, 0.2) is 5.78 Å². The van der Waals surface area contributed by atoms with Crippen molar-refractivity contribution in [2.45, 2.75) is 19.3 Å². The Kier molecular flexibility index (Phi) is 4.10. The fourth-order valence-electron chi connectivity index (χ4n) is 2.93. The maximum Gasteiger partial charge on any atom is 0.198 e. The van der Waals surface area contributed by atoms with Crippen LogP contribution >= 0.6 is 23.2 Å². The smallest absolute Gasteiger partial charge is 0.198 e. The molecular weight excluding hydrogens is 359 g/mol. The van der Waals surface area contributed by atoms with E-state index in [1.54, 1.807) is 36.7 Å². The minimum atomic E-state index is -0.257. The van der Waals surface area contributed by atoms with Gasteiger partial charge in [-0.25, -0.2) is 0 Å². The summed E-state index contributed by atoms with van der Waals surface area (Å²) in [6.07, 6.45) is 5.52. The summed E-state index contributed by atoms with van der Waals surface area (Å²) in [4.78, 5) is 32.3. The highest BCUT2D eigenvalue weighted by Crippen LogP contribution is 2.32. The van der Waals surface area contributed by atoms with E-state index < -0.39 is 0 Å². The molecule has 1 aliphatic carbocycles. The SMILES string of the molecule is O=C(c1c(Cl)cccc1Cl)c1c[nH]c2cnc(CC(=O)C3CC3)cc12. The molecule has 2 heterocycles. The predicted octanol–water partition coefficient (Wildman–Crippen LogP) is 4.62. The second-order valence-electron chi connectivity index (χ2n) is 6.27. The number of hydrogen-bond acceptors (Lipinski definition) is 3. The van der Waals surface area contributed by atoms with Gasteiger partial charge in [-0.1, -0.05) is 29.3 Å². The first kappa shape index (κ1) is 16.3. The van der Waals surface area contributed by atoms with Crippen LogP contribution < -0.4 is 0 Å². The number of aromatic nitrogens is 2. The van der Waals surface area contributed by atoms with Gasteiger partial charge in [0.05, 0.1) is 27.3 Å². The number of carbonyl (C=O) groups is 2. The Hall–Kier alpha value is -2.17. The van der Waals surface area contributed by atoms with Crippen molar-refractivity contribution in [1.82, 2.24) is 9.97 Å². The Morgan fingerprint density at radius 2 is 1.92 bits per heavy atom. The van der Waals surface area contributed by atoms with Crippen molar-refractivity contribution in [2.24, 2.45) is 5.92 Å².